The number of allylic oxidation sites excluding steroid dienone is 2. The molecule has 1 aromatic rings. The Labute approximate surface area is 155 Å². The van der Waals surface area contributed by atoms with Crippen LogP contribution in [0, 0.1) is 18.8 Å². The maximum Gasteiger partial charge on any atom is 0.234 e. The topological polar surface area (TPSA) is 43.9 Å². The molecule has 1 aliphatic carbocycles. The predicted octanol–water partition coefficient (Wildman–Crippen LogP) is 2.02. The van der Waals surface area contributed by atoms with Crippen LogP contribution in [0.1, 0.15) is 24.0 Å². The van der Waals surface area contributed by atoms with Gasteiger partial charge in [0.25, 0.3) is 0 Å². The number of piperazine rings is 1. The lowest BCUT2D eigenvalue weighted by Crippen LogP contribution is -2.51. The largest absolute Gasteiger partial charge is 0.297 e. The molecule has 2 fully saturated rings. The molecule has 2 heterocycles. The van der Waals surface area contributed by atoms with Crippen molar-refractivity contribution in [3.63, 3.8) is 0 Å². The van der Waals surface area contributed by atoms with Crippen LogP contribution in [0.5, 0.6) is 0 Å². The number of nitrogens with zero attached hydrogens (tertiary/aromatic N) is 3. The molecular weight excluding hydrogens is 326 g/mol. The molecule has 2 amide bonds. The van der Waals surface area contributed by atoms with Crippen LogP contribution in [-0.2, 0) is 16.1 Å². The fraction of sp³-hybridized carbons (Fsp3) is 0.524. The number of hydrogen-bond donors (Lipinski definition) is 0. The van der Waals surface area contributed by atoms with E-state index in [1.54, 1.807) is 0 Å². The molecule has 0 bridgehead atoms. The Balaban J connectivity index is 1.30. The van der Waals surface area contributed by atoms with Gasteiger partial charge in [-0.05, 0) is 25.3 Å². The molecule has 0 spiro atoms. The average molecular weight is 353 g/mol. The maximum absolute atomic E-state index is 12.6. The summed E-state index contributed by atoms with van der Waals surface area (Å²) in [7, 11) is 0. The number of hydrogen-bond acceptors (Lipinski definition) is 4. The number of likely N-dealkylation sites (tertiary alicyclic amines) is 1. The highest BCUT2D eigenvalue weighted by Crippen LogP contribution is 2.35. The first-order chi connectivity index (χ1) is 12.6. The zero-order valence-corrected chi connectivity index (χ0v) is 15.4. The van der Waals surface area contributed by atoms with Crippen LogP contribution in [0.15, 0.2) is 36.4 Å². The van der Waals surface area contributed by atoms with Crippen LogP contribution in [0.25, 0.3) is 0 Å². The molecule has 2 unspecified atom stereocenters. The summed E-state index contributed by atoms with van der Waals surface area (Å²) in [5.74, 6) is -0.164. The summed E-state index contributed by atoms with van der Waals surface area (Å²) in [6, 6.07) is 8.65. The lowest BCUT2D eigenvalue weighted by Gasteiger charge is -2.36. The number of benzene rings is 1. The summed E-state index contributed by atoms with van der Waals surface area (Å²) < 4.78 is 0. The standard InChI is InChI=1S/C21H27N3O2/c1-16-5-4-6-17(13-16)14-22-9-11-23(12-10-22)15-24-20(25)18-7-2-3-8-19(18)21(24)26/h2-6,13,18-19H,7-12,14-15H2,1H3. The molecule has 1 aromatic carbocycles. The molecule has 0 aromatic heterocycles. The number of aryl methyl sites for hydroxylation is 1. The first-order valence-corrected chi connectivity index (χ1v) is 9.62. The van der Waals surface area contributed by atoms with Gasteiger partial charge in [-0.2, -0.15) is 0 Å². The highest BCUT2D eigenvalue weighted by Gasteiger charge is 2.47. The second kappa shape index (κ2) is 7.33. The van der Waals surface area contributed by atoms with E-state index in [0.717, 1.165) is 45.6 Å². The lowest BCUT2D eigenvalue weighted by molar-refractivity contribution is -0.142. The average Bonchev–Trinajstić information content (AvgIpc) is 2.89. The van der Waals surface area contributed by atoms with Gasteiger partial charge in [0.05, 0.1) is 18.5 Å². The highest BCUT2D eigenvalue weighted by molar-refractivity contribution is 6.05. The number of carbonyl (C=O) groups excluding carboxylic acids is 2. The van der Waals surface area contributed by atoms with E-state index in [9.17, 15) is 9.59 Å². The van der Waals surface area contributed by atoms with E-state index in [0.29, 0.717) is 6.67 Å². The summed E-state index contributed by atoms with van der Waals surface area (Å²) in [5.41, 5.74) is 2.64. The number of carbonyl (C=O) groups is 2. The predicted molar refractivity (Wildman–Crippen MR) is 100 cm³/mol. The van der Waals surface area contributed by atoms with Crippen molar-refractivity contribution in [1.29, 1.82) is 0 Å². The Morgan fingerprint density at radius 2 is 1.54 bits per heavy atom. The maximum atomic E-state index is 12.6. The number of fused-ring (bicyclic) bond motifs is 1. The van der Waals surface area contributed by atoms with Gasteiger partial charge in [-0.1, -0.05) is 42.0 Å². The second-order valence-electron chi connectivity index (χ2n) is 7.78. The molecule has 2 aliphatic heterocycles. The third-order valence-electron chi connectivity index (χ3n) is 5.89. The normalized spacial score (nSPS) is 27.2. The van der Waals surface area contributed by atoms with Crippen molar-refractivity contribution in [2.45, 2.75) is 26.3 Å². The first kappa shape index (κ1) is 17.4. The minimum absolute atomic E-state index is 0.0338. The summed E-state index contributed by atoms with van der Waals surface area (Å²) in [6.07, 6.45) is 5.52. The highest BCUT2D eigenvalue weighted by atomic mass is 16.2. The van der Waals surface area contributed by atoms with E-state index in [1.807, 2.05) is 12.2 Å². The molecule has 26 heavy (non-hydrogen) atoms. The smallest absolute Gasteiger partial charge is 0.234 e. The molecule has 3 aliphatic rings. The van der Waals surface area contributed by atoms with E-state index in [2.05, 4.69) is 41.0 Å². The Kier molecular flexibility index (Phi) is 4.92. The monoisotopic (exact) mass is 353 g/mol. The van der Waals surface area contributed by atoms with Gasteiger partial charge in [-0.3, -0.25) is 24.3 Å². The van der Waals surface area contributed by atoms with E-state index >= 15 is 0 Å². The van der Waals surface area contributed by atoms with Gasteiger partial charge in [-0.15, -0.1) is 0 Å². The van der Waals surface area contributed by atoms with E-state index in [1.165, 1.54) is 16.0 Å². The number of amides is 2. The van der Waals surface area contributed by atoms with Crippen LogP contribution in [0.3, 0.4) is 0 Å². The Morgan fingerprint density at radius 3 is 2.15 bits per heavy atom. The molecule has 0 radical (unpaired) electrons. The van der Waals surface area contributed by atoms with Crippen molar-refractivity contribution in [1.82, 2.24) is 14.7 Å². The van der Waals surface area contributed by atoms with Crippen molar-refractivity contribution in [2.24, 2.45) is 11.8 Å². The Morgan fingerprint density at radius 1 is 0.923 bits per heavy atom. The van der Waals surface area contributed by atoms with Gasteiger partial charge in [0.2, 0.25) is 11.8 Å². The van der Waals surface area contributed by atoms with Gasteiger partial charge >= 0.3 is 0 Å². The fourth-order valence-electron chi connectivity index (χ4n) is 4.37. The van der Waals surface area contributed by atoms with E-state index < -0.39 is 0 Å². The van der Waals surface area contributed by atoms with Crippen LogP contribution < -0.4 is 0 Å². The van der Waals surface area contributed by atoms with Gasteiger partial charge in [0.1, 0.15) is 0 Å². The minimum Gasteiger partial charge on any atom is -0.297 e. The van der Waals surface area contributed by atoms with Crippen LogP contribution >= 0.6 is 0 Å². The molecule has 4 rings (SSSR count). The molecule has 5 nitrogen and oxygen atoms in total. The lowest BCUT2D eigenvalue weighted by atomic mass is 9.85. The third kappa shape index (κ3) is 3.46. The molecule has 0 saturated carbocycles. The number of rotatable bonds is 4. The van der Waals surface area contributed by atoms with Crippen molar-refractivity contribution < 1.29 is 9.59 Å². The summed E-state index contributed by atoms with van der Waals surface area (Å²) in [4.78, 5) is 31.4. The molecule has 2 saturated heterocycles. The van der Waals surface area contributed by atoms with Crippen molar-refractivity contribution in [3.05, 3.63) is 47.5 Å². The summed E-state index contributed by atoms with van der Waals surface area (Å²) >= 11 is 0. The zero-order chi connectivity index (χ0) is 18.1. The van der Waals surface area contributed by atoms with Gasteiger partial charge in [0.15, 0.2) is 0 Å². The molecule has 0 N–H and O–H groups in total. The fourth-order valence-corrected chi connectivity index (χ4v) is 4.37. The minimum atomic E-state index is -0.116. The van der Waals surface area contributed by atoms with Crippen LogP contribution in [0.4, 0.5) is 0 Å². The van der Waals surface area contributed by atoms with Gasteiger partial charge in [0, 0.05) is 32.7 Å². The Hall–Kier alpha value is -1.98. The second-order valence-corrected chi connectivity index (χ2v) is 7.78. The van der Waals surface area contributed by atoms with Gasteiger partial charge in [-0.25, -0.2) is 0 Å². The van der Waals surface area contributed by atoms with Crippen LogP contribution in [-0.4, -0.2) is 59.4 Å². The van der Waals surface area contributed by atoms with E-state index in [-0.39, 0.29) is 23.7 Å². The first-order valence-electron chi connectivity index (χ1n) is 9.62. The molecular formula is C21H27N3O2. The third-order valence-corrected chi connectivity index (χ3v) is 5.89. The summed E-state index contributed by atoms with van der Waals surface area (Å²) in [5, 5.41) is 0. The van der Waals surface area contributed by atoms with Crippen molar-refractivity contribution in [2.75, 3.05) is 32.8 Å². The van der Waals surface area contributed by atoms with Crippen molar-refractivity contribution >= 4 is 11.8 Å². The summed E-state index contributed by atoms with van der Waals surface area (Å²) in [6.45, 7) is 7.29. The molecule has 5 heteroatoms. The number of imide groups is 1. The van der Waals surface area contributed by atoms with Crippen molar-refractivity contribution in [3.8, 4) is 0 Å². The van der Waals surface area contributed by atoms with Crippen LogP contribution in [0.2, 0.25) is 0 Å². The van der Waals surface area contributed by atoms with Gasteiger partial charge < -0.3 is 0 Å². The molecule has 2 atom stereocenters. The Bertz CT molecular complexity index is 696. The molecule has 138 valence electrons. The quantitative estimate of drug-likeness (QED) is 0.614. The van der Waals surface area contributed by atoms with E-state index in [4.69, 9.17) is 0 Å². The zero-order valence-electron chi connectivity index (χ0n) is 15.4. The SMILES string of the molecule is Cc1cccc(CN2CCN(CN3C(=O)C4CC=CCC4C3=O)CC2)c1.